The summed E-state index contributed by atoms with van der Waals surface area (Å²) in [6, 6.07) is 4.44. The van der Waals surface area contributed by atoms with Crippen LogP contribution in [0.15, 0.2) is 18.2 Å². The Morgan fingerprint density at radius 1 is 1.57 bits per heavy atom. The van der Waals surface area contributed by atoms with Gasteiger partial charge in [-0.3, -0.25) is 10.2 Å². The van der Waals surface area contributed by atoms with Gasteiger partial charge < -0.3 is 4.90 Å². The van der Waals surface area contributed by atoms with Crippen molar-refractivity contribution in [1.29, 1.82) is 0 Å². The molecule has 1 amide bonds. The number of nitrogens with zero attached hydrogens (tertiary/aromatic N) is 1. The summed E-state index contributed by atoms with van der Waals surface area (Å²) in [7, 11) is 0. The van der Waals surface area contributed by atoms with Gasteiger partial charge in [0.15, 0.2) is 0 Å². The monoisotopic (exact) mass is 293 g/mol. The highest BCUT2D eigenvalue weighted by Gasteiger charge is 2.41. The third-order valence-electron chi connectivity index (χ3n) is 4.38. The first-order valence-electron chi connectivity index (χ1n) is 7.41. The smallest absolute Gasteiger partial charge is 0.256 e. The van der Waals surface area contributed by atoms with E-state index in [9.17, 15) is 9.18 Å². The first-order valence-corrected chi connectivity index (χ1v) is 7.41. The largest absolute Gasteiger partial charge is 0.354 e. The van der Waals surface area contributed by atoms with Crippen molar-refractivity contribution in [2.45, 2.75) is 58.0 Å². The Bertz CT molecular complexity index is 544. The van der Waals surface area contributed by atoms with Gasteiger partial charge in [-0.25, -0.2) is 10.2 Å². The van der Waals surface area contributed by atoms with Crippen LogP contribution >= 0.6 is 0 Å². The third kappa shape index (κ3) is 2.75. The first-order chi connectivity index (χ1) is 9.81. The Hall–Kier alpha value is -1.62. The number of anilines is 1. The van der Waals surface area contributed by atoms with Crippen molar-refractivity contribution < 1.29 is 9.18 Å². The van der Waals surface area contributed by atoms with Gasteiger partial charge >= 0.3 is 0 Å². The van der Waals surface area contributed by atoms with Crippen molar-refractivity contribution in [2.75, 3.05) is 4.90 Å². The molecule has 0 fully saturated rings. The standard InChI is InChI=1S/C16H24FN3O/c1-5-13(15(21)19-18)20-14-7-6-11(17)8-12(14)10(2)9-16(20,3)4/h6-8,10,13H,5,9,18H2,1-4H3,(H,19,21)/t10-,13-/m0/s1. The fraction of sp³-hybridized carbons (Fsp3) is 0.562. The fourth-order valence-corrected chi connectivity index (χ4v) is 3.59. The van der Waals surface area contributed by atoms with Crippen molar-refractivity contribution in [2.24, 2.45) is 5.84 Å². The van der Waals surface area contributed by atoms with Crippen LogP contribution in [0.25, 0.3) is 0 Å². The summed E-state index contributed by atoms with van der Waals surface area (Å²) in [5.74, 6) is 5.13. The maximum absolute atomic E-state index is 13.6. The third-order valence-corrected chi connectivity index (χ3v) is 4.38. The Balaban J connectivity index is 2.57. The molecule has 2 atom stereocenters. The van der Waals surface area contributed by atoms with E-state index in [0.717, 1.165) is 17.7 Å². The molecule has 1 aromatic carbocycles. The number of benzene rings is 1. The quantitative estimate of drug-likeness (QED) is 0.512. The molecule has 0 radical (unpaired) electrons. The summed E-state index contributed by atoms with van der Waals surface area (Å²) in [6.07, 6.45) is 1.50. The molecule has 116 valence electrons. The number of hydrogen-bond donors (Lipinski definition) is 2. The second-order valence-electron chi connectivity index (χ2n) is 6.42. The Kier molecular flexibility index (Phi) is 4.23. The molecule has 2 rings (SSSR count). The summed E-state index contributed by atoms with van der Waals surface area (Å²) in [6.45, 7) is 8.28. The molecular formula is C16H24FN3O. The predicted molar refractivity (Wildman–Crippen MR) is 82.4 cm³/mol. The van der Waals surface area contributed by atoms with Crippen molar-refractivity contribution in [1.82, 2.24) is 5.43 Å². The molecule has 0 aromatic heterocycles. The van der Waals surface area contributed by atoms with Crippen LogP contribution in [0.4, 0.5) is 10.1 Å². The molecule has 5 heteroatoms. The SMILES string of the molecule is CC[C@@H](C(=O)NN)N1c2ccc(F)cc2[C@@H](C)CC1(C)C. The van der Waals surface area contributed by atoms with Crippen LogP contribution in [-0.4, -0.2) is 17.5 Å². The highest BCUT2D eigenvalue weighted by atomic mass is 19.1. The van der Waals surface area contributed by atoms with E-state index in [-0.39, 0.29) is 29.2 Å². The molecule has 0 unspecified atom stereocenters. The number of fused-ring (bicyclic) bond motifs is 1. The molecule has 0 saturated carbocycles. The van der Waals surface area contributed by atoms with Crippen LogP contribution in [0.5, 0.6) is 0 Å². The van der Waals surface area contributed by atoms with E-state index >= 15 is 0 Å². The minimum absolute atomic E-state index is 0.197. The van der Waals surface area contributed by atoms with Crippen molar-refractivity contribution >= 4 is 11.6 Å². The number of nitrogens with one attached hydrogen (secondary N) is 1. The average Bonchev–Trinajstić information content (AvgIpc) is 2.42. The maximum Gasteiger partial charge on any atom is 0.256 e. The van der Waals surface area contributed by atoms with Gasteiger partial charge in [-0.2, -0.15) is 0 Å². The van der Waals surface area contributed by atoms with Crippen molar-refractivity contribution in [3.63, 3.8) is 0 Å². The highest BCUT2D eigenvalue weighted by Crippen LogP contribution is 2.44. The van der Waals surface area contributed by atoms with E-state index < -0.39 is 0 Å². The lowest BCUT2D eigenvalue weighted by Gasteiger charge is -2.50. The Morgan fingerprint density at radius 3 is 2.81 bits per heavy atom. The number of halogens is 1. The predicted octanol–water partition coefficient (Wildman–Crippen LogP) is 2.69. The molecule has 0 spiro atoms. The van der Waals surface area contributed by atoms with E-state index in [2.05, 4.69) is 31.1 Å². The number of hydrogen-bond acceptors (Lipinski definition) is 3. The summed E-state index contributed by atoms with van der Waals surface area (Å²) in [5, 5.41) is 0. The lowest BCUT2D eigenvalue weighted by molar-refractivity contribution is -0.122. The molecular weight excluding hydrogens is 269 g/mol. The van der Waals surface area contributed by atoms with Gasteiger partial charge in [-0.05, 0) is 56.4 Å². The minimum atomic E-state index is -0.360. The minimum Gasteiger partial charge on any atom is -0.354 e. The molecule has 0 aliphatic carbocycles. The molecule has 3 N–H and O–H groups in total. The number of carbonyl (C=O) groups is 1. The lowest BCUT2D eigenvalue weighted by Crippen LogP contribution is -2.59. The Morgan fingerprint density at radius 2 is 2.24 bits per heavy atom. The normalized spacial score (nSPS) is 21.6. The van der Waals surface area contributed by atoms with Crippen LogP contribution in [0.2, 0.25) is 0 Å². The molecule has 1 aromatic rings. The van der Waals surface area contributed by atoms with Gasteiger partial charge in [-0.15, -0.1) is 0 Å². The van der Waals surface area contributed by atoms with E-state index in [4.69, 9.17) is 5.84 Å². The lowest BCUT2D eigenvalue weighted by atomic mass is 9.79. The van der Waals surface area contributed by atoms with Gasteiger partial charge in [0.05, 0.1) is 0 Å². The van der Waals surface area contributed by atoms with Crippen LogP contribution in [-0.2, 0) is 4.79 Å². The molecule has 0 bridgehead atoms. The van der Waals surface area contributed by atoms with Crippen molar-refractivity contribution in [3.8, 4) is 0 Å². The molecule has 21 heavy (non-hydrogen) atoms. The second-order valence-corrected chi connectivity index (χ2v) is 6.42. The second kappa shape index (κ2) is 5.64. The zero-order chi connectivity index (χ0) is 15.8. The van der Waals surface area contributed by atoms with Gasteiger partial charge in [0, 0.05) is 11.2 Å². The van der Waals surface area contributed by atoms with Gasteiger partial charge in [-0.1, -0.05) is 13.8 Å². The van der Waals surface area contributed by atoms with Crippen LogP contribution in [0.3, 0.4) is 0 Å². The summed E-state index contributed by atoms with van der Waals surface area (Å²) >= 11 is 0. The number of nitrogens with two attached hydrogens (primary N) is 1. The highest BCUT2D eigenvalue weighted by molar-refractivity contribution is 5.86. The number of hydrazine groups is 1. The van der Waals surface area contributed by atoms with Gasteiger partial charge in [0.1, 0.15) is 11.9 Å². The van der Waals surface area contributed by atoms with Crippen molar-refractivity contribution in [3.05, 3.63) is 29.6 Å². The molecule has 1 aliphatic rings. The van der Waals surface area contributed by atoms with E-state index in [1.54, 1.807) is 12.1 Å². The number of amides is 1. The fourth-order valence-electron chi connectivity index (χ4n) is 3.59. The summed E-state index contributed by atoms with van der Waals surface area (Å²) < 4.78 is 13.6. The summed E-state index contributed by atoms with van der Waals surface area (Å²) in [4.78, 5) is 14.2. The number of rotatable bonds is 3. The summed E-state index contributed by atoms with van der Waals surface area (Å²) in [5.41, 5.74) is 3.94. The zero-order valence-electron chi connectivity index (χ0n) is 13.1. The molecule has 4 nitrogen and oxygen atoms in total. The topological polar surface area (TPSA) is 58.4 Å². The van der Waals surface area contributed by atoms with E-state index in [1.807, 2.05) is 6.92 Å². The van der Waals surface area contributed by atoms with Gasteiger partial charge in [0.25, 0.3) is 5.91 Å². The molecule has 0 saturated heterocycles. The van der Waals surface area contributed by atoms with Crippen LogP contribution in [0, 0.1) is 5.82 Å². The zero-order valence-corrected chi connectivity index (χ0v) is 13.1. The maximum atomic E-state index is 13.6. The first kappa shape index (κ1) is 15.8. The molecule has 1 heterocycles. The van der Waals surface area contributed by atoms with Crippen LogP contribution in [0.1, 0.15) is 52.0 Å². The number of carbonyl (C=O) groups excluding carboxylic acids is 1. The van der Waals surface area contributed by atoms with Gasteiger partial charge in [0.2, 0.25) is 0 Å². The Labute approximate surface area is 125 Å². The van der Waals surface area contributed by atoms with E-state index in [0.29, 0.717) is 6.42 Å². The molecule has 1 aliphatic heterocycles. The average molecular weight is 293 g/mol. The van der Waals surface area contributed by atoms with Crippen LogP contribution < -0.4 is 16.2 Å². The van der Waals surface area contributed by atoms with E-state index in [1.165, 1.54) is 6.07 Å².